The molecule has 458 valence electrons. The van der Waals surface area contributed by atoms with Crippen LogP contribution in [0.3, 0.4) is 0 Å². The highest BCUT2D eigenvalue weighted by Gasteiger charge is 2.44. The zero-order valence-corrected chi connectivity index (χ0v) is 50.6. The summed E-state index contributed by atoms with van der Waals surface area (Å²) < 4.78 is 16.7. The molecule has 6 N–H and O–H groups in total. The van der Waals surface area contributed by atoms with Crippen molar-refractivity contribution in [2.75, 3.05) is 19.8 Å². The topological polar surface area (TPSA) is 175 Å². The van der Waals surface area contributed by atoms with E-state index >= 15 is 0 Å². The first kappa shape index (κ1) is 73.9. The molecule has 1 aliphatic rings. The molecule has 1 amide bonds. The van der Waals surface area contributed by atoms with Crippen molar-refractivity contribution in [1.29, 1.82) is 0 Å². The fourth-order valence-corrected chi connectivity index (χ4v) is 10.5. The second-order valence-corrected chi connectivity index (χ2v) is 23.2. The van der Waals surface area contributed by atoms with Crippen LogP contribution in [0.4, 0.5) is 0 Å². The van der Waals surface area contributed by atoms with Crippen molar-refractivity contribution in [3.8, 4) is 0 Å². The molecule has 78 heavy (non-hydrogen) atoms. The van der Waals surface area contributed by atoms with Crippen molar-refractivity contribution < 1.29 is 49.3 Å². The van der Waals surface area contributed by atoms with Crippen LogP contribution < -0.4 is 5.32 Å². The van der Waals surface area contributed by atoms with Crippen LogP contribution in [0.1, 0.15) is 316 Å². The second kappa shape index (κ2) is 56.7. The minimum Gasteiger partial charge on any atom is -0.466 e. The summed E-state index contributed by atoms with van der Waals surface area (Å²) in [6.07, 6.45) is 61.3. The van der Waals surface area contributed by atoms with Crippen LogP contribution in [0.5, 0.6) is 0 Å². The van der Waals surface area contributed by atoms with Crippen molar-refractivity contribution >= 4 is 11.9 Å². The Morgan fingerprint density at radius 2 is 0.833 bits per heavy atom. The molecule has 1 heterocycles. The Bertz CT molecular complexity index is 1390. The lowest BCUT2D eigenvalue weighted by molar-refractivity contribution is -0.302. The molecule has 7 unspecified atom stereocenters. The minimum atomic E-state index is -1.58. The van der Waals surface area contributed by atoms with Gasteiger partial charge in [-0.25, -0.2) is 0 Å². The van der Waals surface area contributed by atoms with E-state index in [-0.39, 0.29) is 18.5 Å². The van der Waals surface area contributed by atoms with Crippen LogP contribution in [-0.2, 0) is 23.8 Å². The molecule has 7 atom stereocenters. The van der Waals surface area contributed by atoms with Gasteiger partial charge in [0, 0.05) is 12.8 Å². The normalized spacial score (nSPS) is 18.7. The first-order valence-corrected chi connectivity index (χ1v) is 33.3. The summed E-state index contributed by atoms with van der Waals surface area (Å²) in [4.78, 5) is 25.1. The zero-order valence-electron chi connectivity index (χ0n) is 50.6. The van der Waals surface area contributed by atoms with Crippen molar-refractivity contribution in [1.82, 2.24) is 5.32 Å². The van der Waals surface area contributed by atoms with Gasteiger partial charge in [0.2, 0.25) is 5.91 Å². The third-order valence-corrected chi connectivity index (χ3v) is 15.7. The third kappa shape index (κ3) is 45.5. The number of carbonyl (C=O) groups is 2. The summed E-state index contributed by atoms with van der Waals surface area (Å²) >= 11 is 0. The Morgan fingerprint density at radius 3 is 1.26 bits per heavy atom. The highest BCUT2D eigenvalue weighted by atomic mass is 16.7. The number of hydrogen-bond donors (Lipinski definition) is 6. The quantitative estimate of drug-likeness (QED) is 0.0195. The maximum atomic E-state index is 13.0. The maximum absolute atomic E-state index is 13.0. The van der Waals surface area contributed by atoms with E-state index in [9.17, 15) is 35.1 Å². The molecule has 1 aliphatic heterocycles. The number of carbonyl (C=O) groups excluding carboxylic acids is 2. The molecule has 0 bridgehead atoms. The zero-order chi connectivity index (χ0) is 56.6. The van der Waals surface area contributed by atoms with E-state index < -0.39 is 49.5 Å². The molecule has 11 nitrogen and oxygen atoms in total. The SMILES string of the molecule is CCCC/C=C/CC/C=C/CC/C=C/C(O)C(COC1OC(CO)C(O)C(O)C1O)NC(=O)CCCCCCCCCCCCCCCCCCCCCCCCCCCCCOC(=O)CCCCCCCCCCCCC. The van der Waals surface area contributed by atoms with E-state index in [1.807, 2.05) is 6.08 Å². The van der Waals surface area contributed by atoms with Crippen LogP contribution in [0.15, 0.2) is 36.5 Å². The number of nitrogens with one attached hydrogen (secondary N) is 1. The molecule has 1 fully saturated rings. The fourth-order valence-electron chi connectivity index (χ4n) is 10.5. The van der Waals surface area contributed by atoms with E-state index in [0.717, 1.165) is 70.6 Å². The second-order valence-electron chi connectivity index (χ2n) is 23.2. The van der Waals surface area contributed by atoms with Crippen molar-refractivity contribution in [2.45, 2.75) is 358 Å². The van der Waals surface area contributed by atoms with E-state index in [1.54, 1.807) is 6.08 Å². The van der Waals surface area contributed by atoms with Gasteiger partial charge in [0.25, 0.3) is 0 Å². The fraction of sp³-hybridized carbons (Fsp3) is 0.881. The molecule has 0 aliphatic carbocycles. The Labute approximate surface area is 479 Å². The largest absolute Gasteiger partial charge is 0.466 e. The molecule has 0 saturated carbocycles. The first-order chi connectivity index (χ1) is 38.2. The van der Waals surface area contributed by atoms with Crippen LogP contribution in [0.25, 0.3) is 0 Å². The van der Waals surface area contributed by atoms with Crippen LogP contribution in [-0.4, -0.2) is 100 Å². The molecule has 11 heteroatoms. The molecule has 0 radical (unpaired) electrons. The number of amides is 1. The lowest BCUT2D eigenvalue weighted by atomic mass is 9.99. The average Bonchev–Trinajstić information content (AvgIpc) is 3.44. The number of aliphatic hydroxyl groups is 5. The number of hydrogen-bond acceptors (Lipinski definition) is 10. The Morgan fingerprint density at radius 1 is 0.462 bits per heavy atom. The number of esters is 1. The Balaban J connectivity index is 1.99. The molecular formula is C67H125NO10. The Kier molecular flexibility index (Phi) is 53.7. The molecule has 0 spiro atoms. The summed E-state index contributed by atoms with van der Waals surface area (Å²) in [5, 5.41) is 54.4. The van der Waals surface area contributed by atoms with Gasteiger partial charge in [-0.05, 0) is 51.4 Å². The van der Waals surface area contributed by atoms with Gasteiger partial charge >= 0.3 is 5.97 Å². The summed E-state index contributed by atoms with van der Waals surface area (Å²) in [6, 6.07) is -0.832. The van der Waals surface area contributed by atoms with Gasteiger partial charge in [-0.1, -0.05) is 288 Å². The highest BCUT2D eigenvalue weighted by molar-refractivity contribution is 5.76. The van der Waals surface area contributed by atoms with Gasteiger partial charge < -0.3 is 45.1 Å². The molecule has 1 rings (SSSR count). The van der Waals surface area contributed by atoms with Gasteiger partial charge in [0.15, 0.2) is 6.29 Å². The van der Waals surface area contributed by atoms with Crippen molar-refractivity contribution in [3.05, 3.63) is 36.5 Å². The van der Waals surface area contributed by atoms with Gasteiger partial charge in [0.1, 0.15) is 24.4 Å². The predicted octanol–water partition coefficient (Wildman–Crippen LogP) is 16.2. The lowest BCUT2D eigenvalue weighted by Crippen LogP contribution is -2.60. The van der Waals surface area contributed by atoms with E-state index in [2.05, 4.69) is 43.5 Å². The predicted molar refractivity (Wildman–Crippen MR) is 324 cm³/mol. The highest BCUT2D eigenvalue weighted by Crippen LogP contribution is 2.23. The van der Waals surface area contributed by atoms with Crippen molar-refractivity contribution in [3.63, 3.8) is 0 Å². The van der Waals surface area contributed by atoms with Gasteiger partial charge in [-0.15, -0.1) is 0 Å². The molecular weight excluding hydrogens is 979 g/mol. The number of ether oxygens (including phenoxy) is 3. The summed E-state index contributed by atoms with van der Waals surface area (Å²) in [7, 11) is 0. The van der Waals surface area contributed by atoms with E-state index in [1.165, 1.54) is 218 Å². The molecule has 1 saturated heterocycles. The average molecular weight is 1100 g/mol. The van der Waals surface area contributed by atoms with E-state index in [0.29, 0.717) is 19.4 Å². The van der Waals surface area contributed by atoms with Crippen LogP contribution >= 0.6 is 0 Å². The molecule has 0 aromatic heterocycles. The van der Waals surface area contributed by atoms with Gasteiger partial charge in [0.05, 0.1) is 32.0 Å². The lowest BCUT2D eigenvalue weighted by Gasteiger charge is -2.40. The minimum absolute atomic E-state index is 0.00775. The van der Waals surface area contributed by atoms with Crippen LogP contribution in [0, 0.1) is 0 Å². The summed E-state index contributed by atoms with van der Waals surface area (Å²) in [5.74, 6) is -0.186. The number of unbranched alkanes of at least 4 members (excludes halogenated alkanes) is 40. The van der Waals surface area contributed by atoms with E-state index in [4.69, 9.17) is 14.2 Å². The standard InChI is InChI=1S/C67H125NO10/c1-3-5-7-9-11-13-15-34-37-41-45-49-53-60(70)59(58-77-67-66(75)65(74)64(73)61(57-69)78-67)68-62(71)54-50-46-42-38-35-31-29-27-25-23-21-19-17-16-18-20-22-24-26-28-30-32-36-40-44-48-52-56-76-63(72)55-51-47-43-39-33-14-12-10-8-6-4-2/h9,11,34,37,49,53,59-61,64-67,69-70,73-75H,3-8,10,12-33,35-36,38-48,50-52,54-58H2,1-2H3,(H,68,71)/b11-9+,37-34+,53-49+. The number of aliphatic hydroxyl groups excluding tert-OH is 5. The number of allylic oxidation sites excluding steroid dienone is 5. The summed E-state index contributed by atoms with van der Waals surface area (Å²) in [5.41, 5.74) is 0. The third-order valence-electron chi connectivity index (χ3n) is 15.7. The molecule has 0 aromatic rings. The molecule has 0 aromatic carbocycles. The summed E-state index contributed by atoms with van der Waals surface area (Å²) in [6.45, 7) is 4.30. The van der Waals surface area contributed by atoms with Crippen molar-refractivity contribution in [2.24, 2.45) is 0 Å². The van der Waals surface area contributed by atoms with Gasteiger partial charge in [-0.3, -0.25) is 9.59 Å². The maximum Gasteiger partial charge on any atom is 0.305 e. The monoisotopic (exact) mass is 1100 g/mol. The smallest absolute Gasteiger partial charge is 0.305 e. The number of rotatable bonds is 58. The van der Waals surface area contributed by atoms with Crippen LogP contribution in [0.2, 0.25) is 0 Å². The first-order valence-electron chi connectivity index (χ1n) is 33.3. The van der Waals surface area contributed by atoms with Gasteiger partial charge in [-0.2, -0.15) is 0 Å². The Hall–Kier alpha value is -2.12.